The minimum absolute atomic E-state index is 0.234. The van der Waals surface area contributed by atoms with Gasteiger partial charge in [0.05, 0.1) is 5.41 Å². The maximum Gasteiger partial charge on any atom is 0.0726 e. The van der Waals surface area contributed by atoms with E-state index in [9.17, 15) is 0 Å². The fraction of sp³-hybridized carbons (Fsp3) is 0.467. The lowest BCUT2D eigenvalue weighted by Gasteiger charge is -2.31. The van der Waals surface area contributed by atoms with Gasteiger partial charge in [-0.2, -0.15) is 0 Å². The number of rotatable bonds is 3. The van der Waals surface area contributed by atoms with Crippen LogP contribution in [-0.4, -0.2) is 13.1 Å². The van der Waals surface area contributed by atoms with Gasteiger partial charge in [-0.05, 0) is 58.9 Å². The molecule has 2 aliphatic carbocycles. The Hall–Kier alpha value is -3.32. The SMILES string of the molecule is CC.CC.CC.CC.CC.CC.CC.CC.CCN(CC)c1cccc2c1-c1ccccc1C21c2ccccc2-c2ccccc21. The molecule has 0 aromatic heterocycles. The Morgan fingerprint density at radius 2 is 0.674 bits per heavy atom. The second kappa shape index (κ2) is 27.9. The first-order valence-corrected chi connectivity index (χ1v) is 19.0. The van der Waals surface area contributed by atoms with Crippen molar-refractivity contribution in [2.24, 2.45) is 0 Å². The number of benzene rings is 4. The molecule has 1 heteroatoms. The van der Waals surface area contributed by atoms with Crippen LogP contribution in [0.15, 0.2) is 91.0 Å². The Balaban J connectivity index is -0.00000102. The molecular weight excluding hydrogens is 555 g/mol. The zero-order valence-corrected chi connectivity index (χ0v) is 33.5. The maximum atomic E-state index is 2.49. The molecule has 4 aromatic rings. The van der Waals surface area contributed by atoms with E-state index >= 15 is 0 Å². The Morgan fingerprint density at radius 1 is 0.370 bits per heavy atom. The fourth-order valence-corrected chi connectivity index (χ4v) is 5.95. The fourth-order valence-electron chi connectivity index (χ4n) is 5.95. The van der Waals surface area contributed by atoms with Crippen LogP contribution in [0.1, 0.15) is 147 Å². The summed E-state index contributed by atoms with van der Waals surface area (Å²) >= 11 is 0. The van der Waals surface area contributed by atoms with Crippen LogP contribution in [0.25, 0.3) is 22.3 Å². The van der Waals surface area contributed by atoms with E-state index in [-0.39, 0.29) is 5.41 Å². The molecule has 0 fully saturated rings. The molecule has 1 spiro atoms. The Morgan fingerprint density at radius 3 is 1.04 bits per heavy atom. The zero-order valence-electron chi connectivity index (χ0n) is 33.5. The lowest BCUT2D eigenvalue weighted by atomic mass is 9.70. The van der Waals surface area contributed by atoms with Crippen molar-refractivity contribution >= 4 is 5.69 Å². The average molecular weight is 628 g/mol. The minimum atomic E-state index is -0.234. The molecule has 0 N–H and O–H groups in total. The van der Waals surface area contributed by atoms with Crippen LogP contribution < -0.4 is 4.90 Å². The van der Waals surface area contributed by atoms with Crippen molar-refractivity contribution in [3.8, 4) is 22.3 Å². The van der Waals surface area contributed by atoms with Crippen molar-refractivity contribution < 1.29 is 0 Å². The molecule has 1 nitrogen and oxygen atoms in total. The molecule has 0 saturated heterocycles. The standard InChI is InChI=1S/C29H25N.8C2H6/c1-3-30(4-2)27-19-11-18-26-28(27)22-14-7-10-17-25(22)29(26)23-15-8-5-12-20(23)21-13-6-9-16-24(21)29;8*1-2/h5-19H,3-4H2,1-2H3;8*1-2H3. The van der Waals surface area contributed by atoms with E-state index in [2.05, 4.69) is 110 Å². The molecule has 6 rings (SSSR count). The Bertz CT molecular complexity index is 1230. The van der Waals surface area contributed by atoms with Gasteiger partial charge in [0.15, 0.2) is 0 Å². The van der Waals surface area contributed by atoms with Crippen LogP contribution in [0.4, 0.5) is 5.69 Å². The van der Waals surface area contributed by atoms with E-state index in [4.69, 9.17) is 0 Å². The van der Waals surface area contributed by atoms with E-state index in [0.717, 1.165) is 13.1 Å². The van der Waals surface area contributed by atoms with Gasteiger partial charge in [0.1, 0.15) is 0 Å². The van der Waals surface area contributed by atoms with Crippen LogP contribution in [0.3, 0.4) is 0 Å². The van der Waals surface area contributed by atoms with Crippen LogP contribution in [0.5, 0.6) is 0 Å². The highest BCUT2D eigenvalue weighted by molar-refractivity contribution is 5.98. The van der Waals surface area contributed by atoms with Crippen molar-refractivity contribution in [3.05, 3.63) is 113 Å². The van der Waals surface area contributed by atoms with Gasteiger partial charge >= 0.3 is 0 Å². The first-order valence-electron chi connectivity index (χ1n) is 19.0. The highest BCUT2D eigenvalue weighted by Gasteiger charge is 2.52. The van der Waals surface area contributed by atoms with Gasteiger partial charge in [-0.15, -0.1) is 0 Å². The Kier molecular flexibility index (Phi) is 28.6. The largest absolute Gasteiger partial charge is 0.372 e. The number of fused-ring (bicyclic) bond motifs is 10. The van der Waals surface area contributed by atoms with Gasteiger partial charge < -0.3 is 4.90 Å². The quantitative estimate of drug-likeness (QED) is 0.189. The molecular formula is C45H73N. The van der Waals surface area contributed by atoms with Crippen LogP contribution in [-0.2, 0) is 5.41 Å². The summed E-state index contributed by atoms with van der Waals surface area (Å²) in [5, 5.41) is 0. The molecule has 0 saturated carbocycles. The highest BCUT2D eigenvalue weighted by Crippen LogP contribution is 2.63. The third kappa shape index (κ3) is 9.15. The monoisotopic (exact) mass is 628 g/mol. The summed E-state index contributed by atoms with van der Waals surface area (Å²) in [6.45, 7) is 38.5. The predicted molar refractivity (Wildman–Crippen MR) is 217 cm³/mol. The second-order valence-electron chi connectivity index (χ2n) is 8.26. The molecule has 0 amide bonds. The van der Waals surface area contributed by atoms with Crippen LogP contribution >= 0.6 is 0 Å². The second-order valence-corrected chi connectivity index (χ2v) is 8.26. The van der Waals surface area contributed by atoms with Gasteiger partial charge in [0.25, 0.3) is 0 Å². The summed E-state index contributed by atoms with van der Waals surface area (Å²) in [5.74, 6) is 0. The zero-order chi connectivity index (χ0) is 36.3. The molecule has 258 valence electrons. The van der Waals surface area contributed by atoms with E-state index in [1.54, 1.807) is 0 Å². The van der Waals surface area contributed by atoms with Gasteiger partial charge in [0, 0.05) is 24.3 Å². The normalized spacial score (nSPS) is 10.3. The maximum absolute atomic E-state index is 2.49. The molecule has 2 aliphatic rings. The van der Waals surface area contributed by atoms with Crippen molar-refractivity contribution in [2.75, 3.05) is 18.0 Å². The first kappa shape index (κ1) is 47.1. The number of hydrogen-bond donors (Lipinski definition) is 0. The van der Waals surface area contributed by atoms with E-state index in [1.165, 1.54) is 50.2 Å². The smallest absolute Gasteiger partial charge is 0.0726 e. The molecule has 0 bridgehead atoms. The highest BCUT2D eigenvalue weighted by atomic mass is 15.1. The lowest BCUT2D eigenvalue weighted by Crippen LogP contribution is -2.26. The van der Waals surface area contributed by atoms with Gasteiger partial charge in [0.2, 0.25) is 0 Å². The van der Waals surface area contributed by atoms with Crippen molar-refractivity contribution in [3.63, 3.8) is 0 Å². The van der Waals surface area contributed by atoms with Gasteiger partial charge in [-0.1, -0.05) is 196 Å². The molecule has 0 unspecified atom stereocenters. The molecule has 0 radical (unpaired) electrons. The summed E-state index contributed by atoms with van der Waals surface area (Å²) in [4.78, 5) is 2.49. The van der Waals surface area contributed by atoms with E-state index in [1.807, 2.05) is 111 Å². The van der Waals surface area contributed by atoms with E-state index in [0.29, 0.717) is 0 Å². The average Bonchev–Trinajstić information content (AvgIpc) is 3.66. The van der Waals surface area contributed by atoms with E-state index < -0.39 is 0 Å². The Labute approximate surface area is 288 Å². The third-order valence-electron chi connectivity index (χ3n) is 7.10. The summed E-state index contributed by atoms with van der Waals surface area (Å²) in [6.07, 6.45) is 0. The molecule has 4 aromatic carbocycles. The third-order valence-corrected chi connectivity index (χ3v) is 7.10. The molecule has 0 atom stereocenters. The topological polar surface area (TPSA) is 3.24 Å². The van der Waals surface area contributed by atoms with Gasteiger partial charge in [-0.25, -0.2) is 0 Å². The summed E-state index contributed by atoms with van der Waals surface area (Å²) < 4.78 is 0. The summed E-state index contributed by atoms with van der Waals surface area (Å²) in [7, 11) is 0. The number of nitrogens with zero attached hydrogens (tertiary/aromatic N) is 1. The van der Waals surface area contributed by atoms with Crippen molar-refractivity contribution in [1.29, 1.82) is 0 Å². The number of hydrogen-bond acceptors (Lipinski definition) is 1. The number of anilines is 1. The van der Waals surface area contributed by atoms with Gasteiger partial charge in [-0.3, -0.25) is 0 Å². The summed E-state index contributed by atoms with van der Waals surface area (Å²) in [6, 6.07) is 34.0. The minimum Gasteiger partial charge on any atom is -0.372 e. The molecule has 46 heavy (non-hydrogen) atoms. The predicted octanol–water partition coefficient (Wildman–Crippen LogP) is 15.1. The van der Waals surface area contributed by atoms with Crippen molar-refractivity contribution in [2.45, 2.75) is 130 Å². The molecule has 0 aliphatic heterocycles. The summed E-state index contributed by atoms with van der Waals surface area (Å²) in [5.41, 5.74) is 12.3. The lowest BCUT2D eigenvalue weighted by molar-refractivity contribution is 0.792. The van der Waals surface area contributed by atoms with Crippen LogP contribution in [0.2, 0.25) is 0 Å². The van der Waals surface area contributed by atoms with Crippen LogP contribution in [0, 0.1) is 0 Å². The first-order chi connectivity index (χ1) is 22.8. The van der Waals surface area contributed by atoms with Crippen molar-refractivity contribution in [1.82, 2.24) is 0 Å². The molecule has 0 heterocycles.